The molecule has 4 aromatic rings. The second kappa shape index (κ2) is 5.97. The minimum atomic E-state index is -0.00281. The summed E-state index contributed by atoms with van der Waals surface area (Å²) in [5.74, 6) is 0.988. The van der Waals surface area contributed by atoms with Crippen LogP contribution in [0.15, 0.2) is 59.0 Å². The molecular formula is C16H14N6OS. The zero-order valence-corrected chi connectivity index (χ0v) is 13.6. The van der Waals surface area contributed by atoms with Crippen LogP contribution in [0, 0.1) is 0 Å². The number of nitrogens with one attached hydrogen (secondary N) is 1. The van der Waals surface area contributed by atoms with Gasteiger partial charge in [0.05, 0.1) is 0 Å². The van der Waals surface area contributed by atoms with Crippen LogP contribution in [0.1, 0.15) is 24.2 Å². The SMILES string of the molecule is C[C@@H](c1ccc(O)cc1)c1nnc2ccc(Sc3ncc[nH]3)nn12. The maximum absolute atomic E-state index is 9.44. The Labute approximate surface area is 141 Å². The molecule has 8 heteroatoms. The van der Waals surface area contributed by atoms with Gasteiger partial charge < -0.3 is 10.1 Å². The minimum Gasteiger partial charge on any atom is -0.508 e. The van der Waals surface area contributed by atoms with E-state index in [9.17, 15) is 5.11 Å². The summed E-state index contributed by atoms with van der Waals surface area (Å²) in [6.07, 6.45) is 3.48. The first-order valence-electron chi connectivity index (χ1n) is 7.39. The largest absolute Gasteiger partial charge is 0.508 e. The average molecular weight is 338 g/mol. The van der Waals surface area contributed by atoms with Crippen molar-refractivity contribution >= 4 is 17.4 Å². The lowest BCUT2D eigenvalue weighted by Gasteiger charge is -2.10. The molecule has 24 heavy (non-hydrogen) atoms. The van der Waals surface area contributed by atoms with Gasteiger partial charge in [0.25, 0.3) is 0 Å². The lowest BCUT2D eigenvalue weighted by atomic mass is 10.0. The van der Waals surface area contributed by atoms with Crippen molar-refractivity contribution in [3.8, 4) is 5.75 Å². The second-order valence-electron chi connectivity index (χ2n) is 5.31. The maximum atomic E-state index is 9.44. The molecule has 0 saturated carbocycles. The number of benzene rings is 1. The third kappa shape index (κ3) is 2.71. The molecule has 120 valence electrons. The quantitative estimate of drug-likeness (QED) is 0.594. The van der Waals surface area contributed by atoms with Gasteiger partial charge in [-0.25, -0.2) is 4.98 Å². The van der Waals surface area contributed by atoms with Gasteiger partial charge in [0, 0.05) is 18.3 Å². The highest BCUT2D eigenvalue weighted by Gasteiger charge is 2.17. The van der Waals surface area contributed by atoms with Crippen molar-refractivity contribution in [1.29, 1.82) is 0 Å². The van der Waals surface area contributed by atoms with E-state index in [1.54, 1.807) is 29.0 Å². The van der Waals surface area contributed by atoms with Gasteiger partial charge in [-0.3, -0.25) is 0 Å². The first kappa shape index (κ1) is 14.7. The molecule has 0 bridgehead atoms. The molecule has 0 saturated heterocycles. The maximum Gasteiger partial charge on any atom is 0.178 e. The number of phenols is 1. The second-order valence-corrected chi connectivity index (χ2v) is 6.32. The van der Waals surface area contributed by atoms with Crippen LogP contribution in [0.3, 0.4) is 0 Å². The Bertz CT molecular complexity index is 964. The van der Waals surface area contributed by atoms with Crippen LogP contribution in [-0.4, -0.2) is 34.9 Å². The normalized spacial score (nSPS) is 12.5. The van der Waals surface area contributed by atoms with Crippen LogP contribution in [0.4, 0.5) is 0 Å². The Morgan fingerprint density at radius 3 is 2.71 bits per heavy atom. The molecule has 3 aromatic heterocycles. The summed E-state index contributed by atoms with van der Waals surface area (Å²) >= 11 is 1.44. The zero-order chi connectivity index (χ0) is 16.5. The van der Waals surface area contributed by atoms with E-state index in [1.807, 2.05) is 31.2 Å². The van der Waals surface area contributed by atoms with E-state index >= 15 is 0 Å². The van der Waals surface area contributed by atoms with E-state index in [-0.39, 0.29) is 11.7 Å². The molecule has 0 fully saturated rings. The molecule has 7 nitrogen and oxygen atoms in total. The van der Waals surface area contributed by atoms with Crippen molar-refractivity contribution in [2.24, 2.45) is 0 Å². The van der Waals surface area contributed by atoms with Crippen LogP contribution in [0.2, 0.25) is 0 Å². The zero-order valence-electron chi connectivity index (χ0n) is 12.8. The molecule has 1 aromatic carbocycles. The highest BCUT2D eigenvalue weighted by Crippen LogP contribution is 2.26. The number of hydrogen-bond acceptors (Lipinski definition) is 6. The highest BCUT2D eigenvalue weighted by molar-refractivity contribution is 7.99. The third-order valence-corrected chi connectivity index (χ3v) is 4.56. The molecule has 0 unspecified atom stereocenters. The van der Waals surface area contributed by atoms with Gasteiger partial charge >= 0.3 is 0 Å². The predicted molar refractivity (Wildman–Crippen MR) is 89.1 cm³/mol. The predicted octanol–water partition coefficient (Wildman–Crippen LogP) is 2.86. The van der Waals surface area contributed by atoms with Gasteiger partial charge in [-0.2, -0.15) is 9.61 Å². The van der Waals surface area contributed by atoms with Crippen LogP contribution in [0.5, 0.6) is 5.75 Å². The molecule has 4 rings (SSSR count). The average Bonchev–Trinajstić information content (AvgIpc) is 3.24. The van der Waals surface area contributed by atoms with Gasteiger partial charge in [0.15, 0.2) is 16.6 Å². The number of aromatic hydroxyl groups is 1. The minimum absolute atomic E-state index is 0.00281. The van der Waals surface area contributed by atoms with E-state index < -0.39 is 0 Å². The van der Waals surface area contributed by atoms with Gasteiger partial charge in [0.2, 0.25) is 0 Å². The number of rotatable bonds is 4. The standard InChI is InChI=1S/C16H14N6OS/c1-10(11-2-4-12(23)5-3-11)15-20-19-13-6-7-14(21-22(13)15)24-16-17-8-9-18-16/h2-10,23H,1H3,(H,17,18)/t10-/m0/s1. The van der Waals surface area contributed by atoms with Crippen molar-refractivity contribution in [2.75, 3.05) is 0 Å². The molecule has 0 aliphatic heterocycles. The lowest BCUT2D eigenvalue weighted by molar-refractivity contribution is 0.475. The van der Waals surface area contributed by atoms with Crippen molar-refractivity contribution in [2.45, 2.75) is 23.0 Å². The molecule has 0 aliphatic carbocycles. The molecule has 0 aliphatic rings. The molecule has 3 heterocycles. The molecular weight excluding hydrogens is 324 g/mol. The summed E-state index contributed by atoms with van der Waals surface area (Å²) in [5, 5.41) is 24.1. The lowest BCUT2D eigenvalue weighted by Crippen LogP contribution is -2.05. The summed E-state index contributed by atoms with van der Waals surface area (Å²) in [7, 11) is 0. The first-order valence-corrected chi connectivity index (χ1v) is 8.21. The van der Waals surface area contributed by atoms with Crippen LogP contribution >= 0.6 is 11.8 Å². The number of phenolic OH excluding ortho intramolecular Hbond substituents is 1. The molecule has 1 atom stereocenters. The van der Waals surface area contributed by atoms with E-state index in [0.29, 0.717) is 5.65 Å². The summed E-state index contributed by atoms with van der Waals surface area (Å²) in [6.45, 7) is 2.04. The fourth-order valence-corrected chi connectivity index (χ4v) is 3.13. The molecule has 0 amide bonds. The highest BCUT2D eigenvalue weighted by atomic mass is 32.2. The Morgan fingerprint density at radius 1 is 1.12 bits per heavy atom. The Morgan fingerprint density at radius 2 is 1.96 bits per heavy atom. The summed E-state index contributed by atoms with van der Waals surface area (Å²) < 4.78 is 1.75. The van der Waals surface area contributed by atoms with Crippen molar-refractivity contribution in [3.05, 3.63) is 60.2 Å². The number of nitrogens with zero attached hydrogens (tertiary/aromatic N) is 5. The summed E-state index contributed by atoms with van der Waals surface area (Å²) in [6, 6.07) is 10.9. The Kier molecular flexibility index (Phi) is 3.66. The smallest absolute Gasteiger partial charge is 0.178 e. The van der Waals surface area contributed by atoms with Gasteiger partial charge in [-0.1, -0.05) is 19.1 Å². The van der Waals surface area contributed by atoms with Gasteiger partial charge in [-0.15, -0.1) is 10.2 Å². The molecule has 0 radical (unpaired) electrons. The number of fused-ring (bicyclic) bond motifs is 1. The summed E-state index contributed by atoms with van der Waals surface area (Å²) in [4.78, 5) is 7.24. The number of aromatic amines is 1. The van der Waals surface area contributed by atoms with Crippen LogP contribution in [0.25, 0.3) is 5.65 Å². The monoisotopic (exact) mass is 338 g/mol. The van der Waals surface area contributed by atoms with Crippen LogP contribution < -0.4 is 0 Å². The van der Waals surface area contributed by atoms with E-state index in [4.69, 9.17) is 0 Å². The first-order chi connectivity index (χ1) is 11.7. The third-order valence-electron chi connectivity index (χ3n) is 3.72. The van der Waals surface area contributed by atoms with Crippen LogP contribution in [-0.2, 0) is 0 Å². The fraction of sp³-hybridized carbons (Fsp3) is 0.125. The Hall–Kier alpha value is -2.87. The Balaban J connectivity index is 1.71. The van der Waals surface area contributed by atoms with Crippen molar-refractivity contribution in [3.63, 3.8) is 0 Å². The van der Waals surface area contributed by atoms with Crippen molar-refractivity contribution in [1.82, 2.24) is 29.8 Å². The van der Waals surface area contributed by atoms with E-state index in [0.717, 1.165) is 21.6 Å². The number of hydrogen-bond donors (Lipinski definition) is 2. The van der Waals surface area contributed by atoms with Gasteiger partial charge in [-0.05, 0) is 41.6 Å². The van der Waals surface area contributed by atoms with E-state index in [2.05, 4.69) is 25.3 Å². The fourth-order valence-electron chi connectivity index (χ4n) is 2.43. The number of H-pyrrole nitrogens is 1. The summed E-state index contributed by atoms with van der Waals surface area (Å²) in [5.41, 5.74) is 1.73. The molecule has 2 N–H and O–H groups in total. The molecule has 0 spiro atoms. The number of aromatic nitrogens is 6. The topological polar surface area (TPSA) is 92.0 Å². The number of imidazole rings is 1. The van der Waals surface area contributed by atoms with Gasteiger partial charge in [0.1, 0.15) is 10.8 Å². The van der Waals surface area contributed by atoms with E-state index in [1.165, 1.54) is 11.8 Å². The van der Waals surface area contributed by atoms with Crippen molar-refractivity contribution < 1.29 is 5.11 Å².